The van der Waals surface area contributed by atoms with Crippen LogP contribution < -0.4 is 0 Å². The van der Waals surface area contributed by atoms with Gasteiger partial charge in [-0.2, -0.15) is 0 Å². The lowest BCUT2D eigenvalue weighted by molar-refractivity contribution is 0.182. The van der Waals surface area contributed by atoms with Gasteiger partial charge in [0.05, 0.1) is 19.5 Å². The number of ether oxygens (including phenoxy) is 2. The van der Waals surface area contributed by atoms with E-state index >= 15 is 0 Å². The van der Waals surface area contributed by atoms with Crippen molar-refractivity contribution in [2.24, 2.45) is 0 Å². The minimum Gasteiger partial charge on any atom is -0.466 e. The Hall–Kier alpha value is -0.800. The van der Waals surface area contributed by atoms with E-state index in [9.17, 15) is 0 Å². The summed E-state index contributed by atoms with van der Waals surface area (Å²) in [5, 5.41) is 0. The number of epoxide rings is 1. The molecule has 1 fully saturated rings. The van der Waals surface area contributed by atoms with Gasteiger partial charge >= 0.3 is 0 Å². The van der Waals surface area contributed by atoms with Crippen LogP contribution in [-0.2, 0) is 16.1 Å². The molecule has 60 valence electrons. The summed E-state index contributed by atoms with van der Waals surface area (Å²) in [6.07, 6.45) is 1.86. The van der Waals surface area contributed by atoms with E-state index in [0.717, 1.165) is 17.9 Å². The van der Waals surface area contributed by atoms with Crippen molar-refractivity contribution in [3.63, 3.8) is 0 Å². The second-order valence-corrected chi connectivity index (χ2v) is 2.57. The Kier molecular flexibility index (Phi) is 1.68. The molecule has 3 nitrogen and oxygen atoms in total. The molecule has 0 amide bonds. The summed E-state index contributed by atoms with van der Waals surface area (Å²) in [6.45, 7) is 1.38. The number of hydrogen-bond donors (Lipinski definition) is 0. The van der Waals surface area contributed by atoms with Gasteiger partial charge in [0.15, 0.2) is 0 Å². The molecule has 1 aliphatic heterocycles. The van der Waals surface area contributed by atoms with Crippen molar-refractivity contribution in [2.75, 3.05) is 13.7 Å². The number of rotatable bonds is 3. The molecule has 2 rings (SSSR count). The Morgan fingerprint density at radius 3 is 3.18 bits per heavy atom. The summed E-state index contributed by atoms with van der Waals surface area (Å²) in [5.41, 5.74) is 1.09. The first-order valence-electron chi connectivity index (χ1n) is 3.58. The smallest absolute Gasteiger partial charge is 0.140 e. The molecule has 0 bridgehead atoms. The summed E-state index contributed by atoms with van der Waals surface area (Å²) in [7, 11) is 1.67. The Balaban J connectivity index is 2.16. The van der Waals surface area contributed by atoms with Gasteiger partial charge in [-0.3, -0.25) is 0 Å². The highest BCUT2D eigenvalue weighted by Gasteiger charge is 2.30. The minimum atomic E-state index is 0.190. The molecular weight excluding hydrogens is 144 g/mol. The molecule has 0 unspecified atom stereocenters. The van der Waals surface area contributed by atoms with E-state index in [1.165, 1.54) is 0 Å². The second-order valence-electron chi connectivity index (χ2n) is 2.57. The summed E-state index contributed by atoms with van der Waals surface area (Å²) < 4.78 is 15.3. The third-order valence-corrected chi connectivity index (χ3v) is 1.71. The van der Waals surface area contributed by atoms with Crippen LogP contribution in [0.1, 0.15) is 17.4 Å². The quantitative estimate of drug-likeness (QED) is 0.619. The lowest BCUT2D eigenvalue weighted by atomic mass is 10.2. The van der Waals surface area contributed by atoms with Crippen molar-refractivity contribution in [2.45, 2.75) is 12.7 Å². The van der Waals surface area contributed by atoms with Crippen molar-refractivity contribution >= 4 is 0 Å². The fourth-order valence-corrected chi connectivity index (χ4v) is 1.10. The van der Waals surface area contributed by atoms with Gasteiger partial charge in [-0.15, -0.1) is 0 Å². The van der Waals surface area contributed by atoms with Gasteiger partial charge in [0.25, 0.3) is 0 Å². The van der Waals surface area contributed by atoms with Crippen molar-refractivity contribution in [3.8, 4) is 0 Å². The molecule has 2 heterocycles. The van der Waals surface area contributed by atoms with Crippen LogP contribution in [0.15, 0.2) is 16.7 Å². The zero-order valence-electron chi connectivity index (χ0n) is 6.37. The van der Waals surface area contributed by atoms with Crippen LogP contribution in [-0.4, -0.2) is 13.7 Å². The maximum atomic E-state index is 5.24. The Labute approximate surface area is 64.9 Å². The van der Waals surface area contributed by atoms with Gasteiger partial charge in [0.1, 0.15) is 11.9 Å². The van der Waals surface area contributed by atoms with Crippen molar-refractivity contribution < 1.29 is 13.9 Å². The fourth-order valence-electron chi connectivity index (χ4n) is 1.10. The van der Waals surface area contributed by atoms with Crippen LogP contribution in [0.4, 0.5) is 0 Å². The third-order valence-electron chi connectivity index (χ3n) is 1.71. The molecule has 11 heavy (non-hydrogen) atoms. The molecule has 1 aromatic rings. The van der Waals surface area contributed by atoms with E-state index in [4.69, 9.17) is 13.9 Å². The fraction of sp³-hybridized carbons (Fsp3) is 0.500. The summed E-state index contributed by atoms with van der Waals surface area (Å²) in [4.78, 5) is 0. The second kappa shape index (κ2) is 2.68. The highest BCUT2D eigenvalue weighted by molar-refractivity contribution is 5.20. The Morgan fingerprint density at radius 2 is 2.55 bits per heavy atom. The highest BCUT2D eigenvalue weighted by atomic mass is 16.6. The summed E-state index contributed by atoms with van der Waals surface area (Å²) >= 11 is 0. The number of hydrogen-bond acceptors (Lipinski definition) is 3. The molecule has 0 aliphatic carbocycles. The van der Waals surface area contributed by atoms with E-state index in [1.807, 2.05) is 6.07 Å². The molecular formula is C8H10O3. The number of methoxy groups -OCH3 is 1. The highest BCUT2D eigenvalue weighted by Crippen LogP contribution is 2.32. The average molecular weight is 154 g/mol. The number of furan rings is 1. The van der Waals surface area contributed by atoms with E-state index in [-0.39, 0.29) is 6.10 Å². The van der Waals surface area contributed by atoms with Crippen LogP contribution in [0.5, 0.6) is 0 Å². The maximum absolute atomic E-state index is 5.24. The van der Waals surface area contributed by atoms with Crippen molar-refractivity contribution in [3.05, 3.63) is 23.7 Å². The molecule has 1 aromatic heterocycles. The minimum absolute atomic E-state index is 0.190. The van der Waals surface area contributed by atoms with Crippen LogP contribution in [0.25, 0.3) is 0 Å². The van der Waals surface area contributed by atoms with Crippen LogP contribution >= 0.6 is 0 Å². The largest absolute Gasteiger partial charge is 0.466 e. The molecule has 0 spiro atoms. The Morgan fingerprint density at radius 1 is 1.73 bits per heavy atom. The zero-order valence-corrected chi connectivity index (χ0v) is 6.37. The molecule has 3 heteroatoms. The van der Waals surface area contributed by atoms with Gasteiger partial charge in [0.2, 0.25) is 0 Å². The van der Waals surface area contributed by atoms with Crippen molar-refractivity contribution in [1.29, 1.82) is 0 Å². The lowest BCUT2D eigenvalue weighted by Crippen LogP contribution is -1.89. The molecule has 0 saturated carbocycles. The molecule has 0 radical (unpaired) electrons. The first-order chi connectivity index (χ1) is 5.42. The monoisotopic (exact) mass is 154 g/mol. The lowest BCUT2D eigenvalue weighted by Gasteiger charge is -1.96. The average Bonchev–Trinajstić information content (AvgIpc) is 2.75. The Bertz CT molecular complexity index is 237. The molecule has 1 aliphatic rings. The van der Waals surface area contributed by atoms with E-state index in [0.29, 0.717) is 6.61 Å². The predicted molar refractivity (Wildman–Crippen MR) is 38.1 cm³/mol. The molecule has 1 saturated heterocycles. The van der Waals surface area contributed by atoms with Crippen LogP contribution in [0.3, 0.4) is 0 Å². The standard InChI is InChI=1S/C8H10O3/c1-9-4-6-2-3-10-8(6)7-5-11-7/h2-3,7H,4-5H2,1H3/t7-/m0/s1. The van der Waals surface area contributed by atoms with Crippen LogP contribution in [0.2, 0.25) is 0 Å². The normalized spacial score (nSPS) is 22.1. The van der Waals surface area contributed by atoms with E-state index < -0.39 is 0 Å². The first-order valence-corrected chi connectivity index (χ1v) is 3.58. The van der Waals surface area contributed by atoms with Gasteiger partial charge < -0.3 is 13.9 Å². The molecule has 1 atom stereocenters. The molecule has 0 N–H and O–H groups in total. The predicted octanol–water partition coefficient (Wildman–Crippen LogP) is 1.50. The molecule has 0 aromatic carbocycles. The zero-order chi connectivity index (χ0) is 7.68. The summed E-state index contributed by atoms with van der Waals surface area (Å²) in [6, 6.07) is 1.92. The third kappa shape index (κ3) is 1.29. The van der Waals surface area contributed by atoms with Gasteiger partial charge in [-0.05, 0) is 6.07 Å². The van der Waals surface area contributed by atoms with E-state index in [1.54, 1.807) is 13.4 Å². The van der Waals surface area contributed by atoms with E-state index in [2.05, 4.69) is 0 Å². The topological polar surface area (TPSA) is 34.9 Å². The van der Waals surface area contributed by atoms with Gasteiger partial charge in [-0.25, -0.2) is 0 Å². The maximum Gasteiger partial charge on any atom is 0.140 e. The van der Waals surface area contributed by atoms with Crippen LogP contribution in [0, 0.1) is 0 Å². The van der Waals surface area contributed by atoms with Crippen molar-refractivity contribution in [1.82, 2.24) is 0 Å². The SMILES string of the molecule is COCc1ccoc1[C@@H]1CO1. The summed E-state index contributed by atoms with van der Waals surface area (Å²) in [5.74, 6) is 0.923. The van der Waals surface area contributed by atoms with Gasteiger partial charge in [0, 0.05) is 12.7 Å². The first kappa shape index (κ1) is 6.88. The van der Waals surface area contributed by atoms with Gasteiger partial charge in [-0.1, -0.05) is 0 Å².